The SMILES string of the molecule is NC1CCN(CC(=O)N2CCOC3CCCC32)CC1. The van der Waals surface area contributed by atoms with E-state index in [1.165, 1.54) is 6.42 Å². The third kappa shape index (κ3) is 2.93. The summed E-state index contributed by atoms with van der Waals surface area (Å²) in [4.78, 5) is 16.8. The van der Waals surface area contributed by atoms with Crippen molar-refractivity contribution in [1.29, 1.82) is 0 Å². The number of hydrogen-bond acceptors (Lipinski definition) is 4. The molecule has 0 aromatic heterocycles. The van der Waals surface area contributed by atoms with E-state index in [9.17, 15) is 4.79 Å². The van der Waals surface area contributed by atoms with Gasteiger partial charge in [-0.3, -0.25) is 9.69 Å². The fraction of sp³-hybridized carbons (Fsp3) is 0.929. The Balaban J connectivity index is 1.54. The molecule has 0 aromatic carbocycles. The summed E-state index contributed by atoms with van der Waals surface area (Å²) in [5.74, 6) is 0.288. The van der Waals surface area contributed by atoms with Gasteiger partial charge in [0.15, 0.2) is 0 Å². The molecule has 0 bridgehead atoms. The number of nitrogens with zero attached hydrogens (tertiary/aromatic N) is 2. The predicted molar refractivity (Wildman–Crippen MR) is 72.7 cm³/mol. The highest BCUT2D eigenvalue weighted by molar-refractivity contribution is 5.78. The maximum Gasteiger partial charge on any atom is 0.237 e. The van der Waals surface area contributed by atoms with Crippen LogP contribution in [0.3, 0.4) is 0 Å². The number of amides is 1. The van der Waals surface area contributed by atoms with E-state index in [1.54, 1.807) is 0 Å². The molecule has 5 nitrogen and oxygen atoms in total. The molecular formula is C14H25N3O2. The molecule has 108 valence electrons. The Kier molecular flexibility index (Phi) is 4.05. The zero-order valence-electron chi connectivity index (χ0n) is 11.6. The van der Waals surface area contributed by atoms with Gasteiger partial charge in [-0.25, -0.2) is 0 Å². The van der Waals surface area contributed by atoms with Crippen LogP contribution in [0.2, 0.25) is 0 Å². The summed E-state index contributed by atoms with van der Waals surface area (Å²) in [5.41, 5.74) is 5.90. The van der Waals surface area contributed by atoms with Crippen molar-refractivity contribution in [2.45, 2.75) is 50.3 Å². The number of piperidine rings is 1. The first-order chi connectivity index (χ1) is 9.24. The number of rotatable bonds is 2. The van der Waals surface area contributed by atoms with E-state index in [0.29, 0.717) is 31.3 Å². The molecule has 2 atom stereocenters. The first-order valence-electron chi connectivity index (χ1n) is 7.63. The van der Waals surface area contributed by atoms with Gasteiger partial charge in [0.1, 0.15) is 0 Å². The third-order valence-corrected chi connectivity index (χ3v) is 4.79. The molecular weight excluding hydrogens is 242 g/mol. The lowest BCUT2D eigenvalue weighted by atomic mass is 10.1. The lowest BCUT2D eigenvalue weighted by molar-refractivity contribution is -0.145. The van der Waals surface area contributed by atoms with Crippen molar-refractivity contribution >= 4 is 5.91 Å². The molecule has 2 heterocycles. The van der Waals surface area contributed by atoms with Gasteiger partial charge >= 0.3 is 0 Å². The minimum atomic E-state index is 0.288. The predicted octanol–water partition coefficient (Wildman–Crippen LogP) is 0.189. The van der Waals surface area contributed by atoms with Crippen molar-refractivity contribution in [3.05, 3.63) is 0 Å². The molecule has 0 aromatic rings. The molecule has 1 saturated carbocycles. The van der Waals surface area contributed by atoms with Gasteiger partial charge < -0.3 is 15.4 Å². The van der Waals surface area contributed by atoms with Crippen LogP contribution in [0.1, 0.15) is 32.1 Å². The molecule has 3 fully saturated rings. The van der Waals surface area contributed by atoms with E-state index in [0.717, 1.165) is 45.3 Å². The molecule has 3 rings (SSSR count). The number of carbonyl (C=O) groups is 1. The quantitative estimate of drug-likeness (QED) is 0.776. The summed E-state index contributed by atoms with van der Waals surface area (Å²) in [7, 11) is 0. The van der Waals surface area contributed by atoms with E-state index in [2.05, 4.69) is 9.80 Å². The van der Waals surface area contributed by atoms with Crippen LogP contribution in [0.25, 0.3) is 0 Å². The average Bonchev–Trinajstić information content (AvgIpc) is 2.89. The van der Waals surface area contributed by atoms with Gasteiger partial charge in [0.2, 0.25) is 5.91 Å². The zero-order chi connectivity index (χ0) is 13.2. The first-order valence-corrected chi connectivity index (χ1v) is 7.63. The van der Waals surface area contributed by atoms with Gasteiger partial charge in [-0.05, 0) is 32.1 Å². The van der Waals surface area contributed by atoms with Crippen molar-refractivity contribution < 1.29 is 9.53 Å². The number of carbonyl (C=O) groups excluding carboxylic acids is 1. The second-order valence-corrected chi connectivity index (χ2v) is 6.11. The van der Waals surface area contributed by atoms with Gasteiger partial charge in [-0.1, -0.05) is 0 Å². The molecule has 3 aliphatic rings. The summed E-state index contributed by atoms with van der Waals surface area (Å²) >= 11 is 0. The van der Waals surface area contributed by atoms with Crippen molar-refractivity contribution in [2.75, 3.05) is 32.8 Å². The van der Waals surface area contributed by atoms with Gasteiger partial charge in [-0.2, -0.15) is 0 Å². The van der Waals surface area contributed by atoms with E-state index in [1.807, 2.05) is 0 Å². The van der Waals surface area contributed by atoms with E-state index >= 15 is 0 Å². The Morgan fingerprint density at radius 1 is 1.16 bits per heavy atom. The fourth-order valence-corrected chi connectivity index (χ4v) is 3.63. The standard InChI is InChI=1S/C14H25N3O2/c15-11-4-6-16(7-5-11)10-14(18)17-8-9-19-13-3-1-2-12(13)17/h11-13H,1-10,15H2. The molecule has 1 amide bonds. The monoisotopic (exact) mass is 267 g/mol. The molecule has 2 unspecified atom stereocenters. The molecule has 1 aliphatic carbocycles. The molecule has 0 radical (unpaired) electrons. The van der Waals surface area contributed by atoms with Crippen molar-refractivity contribution in [1.82, 2.24) is 9.80 Å². The van der Waals surface area contributed by atoms with Crippen LogP contribution >= 0.6 is 0 Å². The summed E-state index contributed by atoms with van der Waals surface area (Å²) in [6, 6.07) is 0.669. The third-order valence-electron chi connectivity index (χ3n) is 4.79. The number of ether oxygens (including phenoxy) is 1. The highest BCUT2D eigenvalue weighted by Gasteiger charge is 2.38. The molecule has 5 heteroatoms. The highest BCUT2D eigenvalue weighted by atomic mass is 16.5. The first kappa shape index (κ1) is 13.3. The smallest absolute Gasteiger partial charge is 0.237 e. The molecule has 2 aliphatic heterocycles. The Hall–Kier alpha value is -0.650. The summed E-state index contributed by atoms with van der Waals surface area (Å²) < 4.78 is 5.76. The van der Waals surface area contributed by atoms with Crippen LogP contribution in [-0.2, 0) is 9.53 Å². The minimum absolute atomic E-state index is 0.288. The van der Waals surface area contributed by atoms with Crippen LogP contribution in [0.4, 0.5) is 0 Å². The Bertz CT molecular complexity index is 329. The fourth-order valence-electron chi connectivity index (χ4n) is 3.63. The molecule has 0 spiro atoms. The number of likely N-dealkylation sites (tertiary alicyclic amines) is 1. The Labute approximate surface area is 115 Å². The van der Waals surface area contributed by atoms with Crippen LogP contribution in [0.15, 0.2) is 0 Å². The van der Waals surface area contributed by atoms with E-state index in [-0.39, 0.29) is 5.91 Å². The summed E-state index contributed by atoms with van der Waals surface area (Å²) in [6.45, 7) is 3.97. The van der Waals surface area contributed by atoms with Crippen LogP contribution < -0.4 is 5.73 Å². The lowest BCUT2D eigenvalue weighted by Gasteiger charge is -2.39. The summed E-state index contributed by atoms with van der Waals surface area (Å²) in [5, 5.41) is 0. The average molecular weight is 267 g/mol. The summed E-state index contributed by atoms with van der Waals surface area (Å²) in [6.07, 6.45) is 5.75. The van der Waals surface area contributed by atoms with Gasteiger partial charge in [0, 0.05) is 25.7 Å². The van der Waals surface area contributed by atoms with Gasteiger partial charge in [0.05, 0.1) is 25.3 Å². The van der Waals surface area contributed by atoms with Crippen molar-refractivity contribution in [3.8, 4) is 0 Å². The van der Waals surface area contributed by atoms with Crippen LogP contribution in [0, 0.1) is 0 Å². The molecule has 19 heavy (non-hydrogen) atoms. The van der Waals surface area contributed by atoms with Gasteiger partial charge in [0.25, 0.3) is 0 Å². The Morgan fingerprint density at radius 3 is 2.74 bits per heavy atom. The highest BCUT2D eigenvalue weighted by Crippen LogP contribution is 2.29. The maximum atomic E-state index is 12.5. The zero-order valence-corrected chi connectivity index (χ0v) is 11.6. The number of morpholine rings is 1. The van der Waals surface area contributed by atoms with Crippen molar-refractivity contribution in [3.63, 3.8) is 0 Å². The minimum Gasteiger partial charge on any atom is -0.374 e. The second-order valence-electron chi connectivity index (χ2n) is 6.11. The van der Waals surface area contributed by atoms with Crippen molar-refractivity contribution in [2.24, 2.45) is 5.73 Å². The normalized spacial score (nSPS) is 33.4. The van der Waals surface area contributed by atoms with E-state index in [4.69, 9.17) is 10.5 Å². The number of fused-ring (bicyclic) bond motifs is 1. The van der Waals surface area contributed by atoms with E-state index < -0.39 is 0 Å². The lowest BCUT2D eigenvalue weighted by Crippen LogP contribution is -2.54. The van der Waals surface area contributed by atoms with Crippen LogP contribution in [0.5, 0.6) is 0 Å². The number of hydrogen-bond donors (Lipinski definition) is 1. The number of nitrogens with two attached hydrogens (primary N) is 1. The topological polar surface area (TPSA) is 58.8 Å². The largest absolute Gasteiger partial charge is 0.374 e. The Morgan fingerprint density at radius 2 is 1.95 bits per heavy atom. The maximum absolute atomic E-state index is 12.5. The van der Waals surface area contributed by atoms with Gasteiger partial charge in [-0.15, -0.1) is 0 Å². The molecule has 2 saturated heterocycles. The second kappa shape index (κ2) is 5.77. The molecule has 2 N–H and O–H groups in total. The van der Waals surface area contributed by atoms with Crippen LogP contribution in [-0.4, -0.2) is 66.7 Å².